The van der Waals surface area contributed by atoms with E-state index in [2.05, 4.69) is 35.0 Å². The molecule has 2 aromatic carbocycles. The fourth-order valence-electron chi connectivity index (χ4n) is 2.69. The summed E-state index contributed by atoms with van der Waals surface area (Å²) in [5.74, 6) is 1.92. The van der Waals surface area contributed by atoms with Crippen LogP contribution in [0.15, 0.2) is 53.1 Å². The second kappa shape index (κ2) is 8.47. The molecule has 1 heterocycles. The lowest BCUT2D eigenvalue weighted by Crippen LogP contribution is -2.30. The summed E-state index contributed by atoms with van der Waals surface area (Å²) in [6, 6.07) is 17.6. The number of hydrogen-bond acceptors (Lipinski definition) is 6. The van der Waals surface area contributed by atoms with Gasteiger partial charge in [-0.05, 0) is 55.8 Å². The lowest BCUT2D eigenvalue weighted by molar-refractivity contribution is 0.176. The van der Waals surface area contributed by atoms with Crippen LogP contribution in [0.3, 0.4) is 0 Å². The Bertz CT molecular complexity index is 909. The highest BCUT2D eigenvalue weighted by Crippen LogP contribution is 2.21. The highest BCUT2D eigenvalue weighted by atomic mass is 16.5. The second-order valence-electron chi connectivity index (χ2n) is 6.55. The molecule has 0 amide bonds. The lowest BCUT2D eigenvalue weighted by atomic mass is 10.1. The summed E-state index contributed by atoms with van der Waals surface area (Å²) in [4.78, 5) is 6.77. The molecule has 0 aliphatic carbocycles. The highest BCUT2D eigenvalue weighted by Gasteiger charge is 2.16. The maximum absolute atomic E-state index is 8.92. The average Bonchev–Trinajstić information content (AvgIpc) is 3.16. The second-order valence-corrected chi connectivity index (χ2v) is 6.55. The molecule has 3 rings (SSSR count). The predicted molar refractivity (Wildman–Crippen MR) is 102 cm³/mol. The summed E-state index contributed by atoms with van der Waals surface area (Å²) < 4.78 is 10.6. The van der Waals surface area contributed by atoms with Gasteiger partial charge in [0.15, 0.2) is 0 Å². The number of nitrogens with zero attached hydrogens (tertiary/aromatic N) is 4. The summed E-state index contributed by atoms with van der Waals surface area (Å²) in [6.45, 7) is 5.55. The molecule has 0 radical (unpaired) electrons. The Morgan fingerprint density at radius 1 is 1.07 bits per heavy atom. The van der Waals surface area contributed by atoms with Crippen LogP contribution in [0.2, 0.25) is 0 Å². The van der Waals surface area contributed by atoms with Gasteiger partial charge in [-0.1, -0.05) is 17.3 Å². The molecule has 0 aliphatic heterocycles. The zero-order valence-electron chi connectivity index (χ0n) is 15.7. The molecule has 138 valence electrons. The molecule has 27 heavy (non-hydrogen) atoms. The van der Waals surface area contributed by atoms with Crippen molar-refractivity contribution in [3.8, 4) is 23.2 Å². The van der Waals surface area contributed by atoms with E-state index in [4.69, 9.17) is 14.5 Å². The van der Waals surface area contributed by atoms with E-state index in [1.807, 2.05) is 48.5 Å². The Balaban J connectivity index is 1.71. The molecule has 0 N–H and O–H groups in total. The van der Waals surface area contributed by atoms with E-state index in [0.717, 1.165) is 23.4 Å². The van der Waals surface area contributed by atoms with Crippen molar-refractivity contribution in [3.05, 3.63) is 65.5 Å². The third-order valence-electron chi connectivity index (χ3n) is 4.35. The van der Waals surface area contributed by atoms with Gasteiger partial charge in [0.05, 0.1) is 25.3 Å². The van der Waals surface area contributed by atoms with Crippen molar-refractivity contribution in [2.24, 2.45) is 0 Å². The molecule has 0 fully saturated rings. The van der Waals surface area contributed by atoms with Crippen LogP contribution in [-0.4, -0.2) is 28.2 Å². The van der Waals surface area contributed by atoms with E-state index < -0.39 is 0 Å². The van der Waals surface area contributed by atoms with Crippen molar-refractivity contribution in [3.63, 3.8) is 0 Å². The minimum atomic E-state index is 0.303. The fourth-order valence-corrected chi connectivity index (χ4v) is 2.69. The molecule has 0 atom stereocenters. The lowest BCUT2D eigenvalue weighted by Gasteiger charge is -2.24. The van der Waals surface area contributed by atoms with Gasteiger partial charge in [0.2, 0.25) is 11.7 Å². The molecule has 3 aromatic rings. The molecule has 6 heteroatoms. The number of benzene rings is 2. The maximum atomic E-state index is 8.92. The van der Waals surface area contributed by atoms with Gasteiger partial charge < -0.3 is 9.26 Å². The smallest absolute Gasteiger partial charge is 0.241 e. The molecule has 1 aromatic heterocycles. The first-order chi connectivity index (χ1) is 13.1. The van der Waals surface area contributed by atoms with Crippen molar-refractivity contribution in [2.75, 3.05) is 7.11 Å². The van der Waals surface area contributed by atoms with Crippen LogP contribution in [-0.2, 0) is 13.1 Å². The molecule has 0 spiro atoms. The van der Waals surface area contributed by atoms with Gasteiger partial charge in [-0.3, -0.25) is 4.90 Å². The van der Waals surface area contributed by atoms with Crippen LogP contribution in [0.1, 0.15) is 30.9 Å². The van der Waals surface area contributed by atoms with E-state index >= 15 is 0 Å². The van der Waals surface area contributed by atoms with E-state index in [1.165, 1.54) is 0 Å². The molecular weight excluding hydrogens is 340 g/mol. The third-order valence-corrected chi connectivity index (χ3v) is 4.35. The van der Waals surface area contributed by atoms with Gasteiger partial charge in [-0.15, -0.1) is 0 Å². The summed E-state index contributed by atoms with van der Waals surface area (Å²) in [5, 5.41) is 13.0. The van der Waals surface area contributed by atoms with E-state index in [9.17, 15) is 0 Å². The van der Waals surface area contributed by atoms with Crippen LogP contribution < -0.4 is 4.74 Å². The number of nitriles is 1. The standard InChI is InChI=1S/C21H22N4O2/c1-15(2)25(13-17-6-4-16(12-22)5-7-17)14-20-23-21(24-27-20)18-8-10-19(26-3)11-9-18/h4-11,15H,13-14H2,1-3H3. The average molecular weight is 362 g/mol. The first-order valence-corrected chi connectivity index (χ1v) is 8.79. The zero-order chi connectivity index (χ0) is 19.2. The van der Waals surface area contributed by atoms with E-state index in [-0.39, 0.29) is 0 Å². The monoisotopic (exact) mass is 362 g/mol. The number of rotatable bonds is 7. The first-order valence-electron chi connectivity index (χ1n) is 8.79. The van der Waals surface area contributed by atoms with E-state index in [0.29, 0.717) is 29.9 Å². The van der Waals surface area contributed by atoms with Crippen molar-refractivity contribution in [2.45, 2.75) is 33.0 Å². The normalized spacial score (nSPS) is 11.0. The molecule has 0 saturated heterocycles. The molecule has 6 nitrogen and oxygen atoms in total. The summed E-state index contributed by atoms with van der Waals surface area (Å²) >= 11 is 0. The summed E-state index contributed by atoms with van der Waals surface area (Å²) in [5.41, 5.74) is 2.68. The maximum Gasteiger partial charge on any atom is 0.241 e. The van der Waals surface area contributed by atoms with Crippen LogP contribution >= 0.6 is 0 Å². The third kappa shape index (κ3) is 4.72. The van der Waals surface area contributed by atoms with Gasteiger partial charge in [0.25, 0.3) is 0 Å². The quantitative estimate of drug-likeness (QED) is 0.632. The van der Waals surface area contributed by atoms with Crippen molar-refractivity contribution >= 4 is 0 Å². The summed E-state index contributed by atoms with van der Waals surface area (Å²) in [7, 11) is 1.63. The van der Waals surface area contributed by atoms with Gasteiger partial charge in [0, 0.05) is 18.2 Å². The molecule has 0 unspecified atom stereocenters. The largest absolute Gasteiger partial charge is 0.497 e. The molecule has 0 bridgehead atoms. The van der Waals surface area contributed by atoms with E-state index in [1.54, 1.807) is 7.11 Å². The van der Waals surface area contributed by atoms with Crippen LogP contribution in [0, 0.1) is 11.3 Å². The van der Waals surface area contributed by atoms with Crippen molar-refractivity contribution in [1.29, 1.82) is 5.26 Å². The number of aromatic nitrogens is 2. The van der Waals surface area contributed by atoms with Gasteiger partial charge in [-0.2, -0.15) is 10.2 Å². The van der Waals surface area contributed by atoms with Crippen LogP contribution in [0.5, 0.6) is 5.75 Å². The molecule has 0 saturated carbocycles. The Hall–Kier alpha value is -3.17. The predicted octanol–water partition coefficient (Wildman–Crippen LogP) is 4.03. The van der Waals surface area contributed by atoms with Crippen molar-refractivity contribution in [1.82, 2.24) is 15.0 Å². The number of methoxy groups -OCH3 is 1. The van der Waals surface area contributed by atoms with Gasteiger partial charge in [0.1, 0.15) is 5.75 Å². The Kier molecular flexibility index (Phi) is 5.84. The topological polar surface area (TPSA) is 75.2 Å². The van der Waals surface area contributed by atoms with Gasteiger partial charge >= 0.3 is 0 Å². The first kappa shape index (κ1) is 18.6. The Labute approximate surface area is 159 Å². The minimum Gasteiger partial charge on any atom is -0.497 e. The summed E-state index contributed by atoms with van der Waals surface area (Å²) in [6.07, 6.45) is 0. The Morgan fingerprint density at radius 2 is 1.78 bits per heavy atom. The zero-order valence-corrected chi connectivity index (χ0v) is 15.7. The van der Waals surface area contributed by atoms with Crippen LogP contribution in [0.25, 0.3) is 11.4 Å². The van der Waals surface area contributed by atoms with Crippen LogP contribution in [0.4, 0.5) is 0 Å². The van der Waals surface area contributed by atoms with Crippen molar-refractivity contribution < 1.29 is 9.26 Å². The molecule has 0 aliphatic rings. The van der Waals surface area contributed by atoms with Gasteiger partial charge in [-0.25, -0.2) is 0 Å². The SMILES string of the molecule is COc1ccc(-c2noc(CN(Cc3ccc(C#N)cc3)C(C)C)n2)cc1. The number of hydrogen-bond donors (Lipinski definition) is 0. The fraction of sp³-hybridized carbons (Fsp3) is 0.286. The number of ether oxygens (including phenoxy) is 1. The Morgan fingerprint density at radius 3 is 2.37 bits per heavy atom. The minimum absolute atomic E-state index is 0.303. The molecular formula is C21H22N4O2. The highest BCUT2D eigenvalue weighted by molar-refractivity contribution is 5.55.